The highest BCUT2D eigenvalue weighted by molar-refractivity contribution is 5.70. The molecule has 3 atom stereocenters. The molecule has 3 aromatic rings. The lowest BCUT2D eigenvalue weighted by atomic mass is 10.0. The van der Waals surface area contributed by atoms with Gasteiger partial charge in [-0.25, -0.2) is 15.0 Å². The number of rotatable bonds is 7. The average molecular weight is 542 g/mol. The summed E-state index contributed by atoms with van der Waals surface area (Å²) < 4.78 is 5.82. The lowest BCUT2D eigenvalue weighted by molar-refractivity contribution is 0.0930. The Morgan fingerprint density at radius 3 is 2.52 bits per heavy atom. The molecule has 0 amide bonds. The highest BCUT2D eigenvalue weighted by atomic mass is 16.7. The molecule has 0 saturated carbocycles. The van der Waals surface area contributed by atoms with Crippen molar-refractivity contribution >= 4 is 23.0 Å². The number of hydrogen-bond donors (Lipinski definition) is 1. The lowest BCUT2D eigenvalue weighted by Gasteiger charge is -2.42. The van der Waals surface area contributed by atoms with E-state index in [4.69, 9.17) is 9.57 Å². The third-order valence-corrected chi connectivity index (χ3v) is 9.27. The van der Waals surface area contributed by atoms with Crippen LogP contribution in [0, 0.1) is 0 Å². The summed E-state index contributed by atoms with van der Waals surface area (Å²) in [6, 6.07) is 21.2. The second-order valence-electron chi connectivity index (χ2n) is 11.5. The molecule has 4 aliphatic rings. The molecule has 0 radical (unpaired) electrons. The molecule has 40 heavy (non-hydrogen) atoms. The van der Waals surface area contributed by atoms with Crippen LogP contribution in [0.1, 0.15) is 37.3 Å². The Morgan fingerprint density at radius 2 is 1.77 bits per heavy atom. The molecule has 2 aromatic carbocycles. The van der Waals surface area contributed by atoms with E-state index in [0.29, 0.717) is 12.4 Å². The van der Waals surface area contributed by atoms with Gasteiger partial charge in [-0.2, -0.15) is 0 Å². The Balaban J connectivity index is 1.02. The van der Waals surface area contributed by atoms with E-state index in [1.54, 1.807) is 13.4 Å². The van der Waals surface area contributed by atoms with Crippen LogP contribution in [0.4, 0.5) is 23.0 Å². The first-order chi connectivity index (χ1) is 19.7. The van der Waals surface area contributed by atoms with E-state index in [1.165, 1.54) is 43.6 Å². The number of fused-ring (bicyclic) bond motifs is 2. The molecular formula is C31H39N7O2. The number of nitrogens with zero attached hydrogens (tertiary/aromatic N) is 6. The first-order valence-corrected chi connectivity index (χ1v) is 14.6. The maximum atomic E-state index is 5.98. The van der Waals surface area contributed by atoms with E-state index in [2.05, 4.69) is 79.5 Å². The van der Waals surface area contributed by atoms with Gasteiger partial charge in [-0.3, -0.25) is 9.74 Å². The Labute approximate surface area is 236 Å². The molecule has 5 heterocycles. The monoisotopic (exact) mass is 541 g/mol. The molecule has 1 aromatic heterocycles. The molecule has 4 fully saturated rings. The zero-order chi connectivity index (χ0) is 27.1. The van der Waals surface area contributed by atoms with Gasteiger partial charge in [-0.05, 0) is 44.0 Å². The number of benzene rings is 2. The van der Waals surface area contributed by atoms with Crippen molar-refractivity contribution in [2.24, 2.45) is 0 Å². The number of piperidine rings is 1. The zero-order valence-corrected chi connectivity index (χ0v) is 23.4. The third-order valence-electron chi connectivity index (χ3n) is 9.27. The fourth-order valence-electron chi connectivity index (χ4n) is 7.13. The Hall–Kier alpha value is -3.40. The summed E-state index contributed by atoms with van der Waals surface area (Å²) >= 11 is 0. The molecule has 9 heteroatoms. The van der Waals surface area contributed by atoms with Crippen LogP contribution in [-0.2, 0) is 4.84 Å². The molecular weight excluding hydrogens is 502 g/mol. The molecule has 210 valence electrons. The normalized spacial score (nSPS) is 25.6. The Bertz CT molecular complexity index is 1310. The lowest BCUT2D eigenvalue weighted by Crippen LogP contribution is -2.52. The number of hydroxylamine groups is 1. The van der Waals surface area contributed by atoms with Gasteiger partial charge in [0.1, 0.15) is 17.9 Å². The summed E-state index contributed by atoms with van der Waals surface area (Å²) in [5.74, 6) is 2.24. The minimum Gasteiger partial charge on any atom is -0.494 e. The summed E-state index contributed by atoms with van der Waals surface area (Å²) in [7, 11) is 4.01. The van der Waals surface area contributed by atoms with Crippen molar-refractivity contribution < 1.29 is 9.57 Å². The van der Waals surface area contributed by atoms with E-state index in [-0.39, 0.29) is 6.04 Å². The Kier molecular flexibility index (Phi) is 6.95. The van der Waals surface area contributed by atoms with Gasteiger partial charge in [-0.1, -0.05) is 30.3 Å². The van der Waals surface area contributed by atoms with Crippen LogP contribution in [0.2, 0.25) is 0 Å². The van der Waals surface area contributed by atoms with Gasteiger partial charge in [0.15, 0.2) is 5.82 Å². The number of ether oxygens (including phenoxy) is 1. The number of methoxy groups -OCH3 is 1. The molecule has 1 N–H and O–H groups in total. The largest absolute Gasteiger partial charge is 0.494 e. The van der Waals surface area contributed by atoms with E-state index in [9.17, 15) is 0 Å². The van der Waals surface area contributed by atoms with Gasteiger partial charge in [0.05, 0.1) is 25.4 Å². The first kappa shape index (κ1) is 25.6. The summed E-state index contributed by atoms with van der Waals surface area (Å²) in [5.41, 5.74) is 3.31. The van der Waals surface area contributed by atoms with Gasteiger partial charge in [0.2, 0.25) is 0 Å². The predicted octanol–water partition coefficient (Wildman–Crippen LogP) is 4.47. The molecule has 1 unspecified atom stereocenters. The SMILES string of the molecule is COc1cc(N2CCC(N3C[C@H]4C[C@@H]3CN4C)CC2)ccc1Nc1cc(N2OCCC2c2ccccc2)ncn1. The van der Waals surface area contributed by atoms with Crippen LogP contribution in [0.3, 0.4) is 0 Å². The maximum absolute atomic E-state index is 5.98. The van der Waals surface area contributed by atoms with Crippen LogP contribution in [0.5, 0.6) is 5.75 Å². The van der Waals surface area contributed by atoms with E-state index in [0.717, 1.165) is 54.9 Å². The van der Waals surface area contributed by atoms with Crippen LogP contribution in [0.15, 0.2) is 60.9 Å². The number of anilines is 4. The van der Waals surface area contributed by atoms with Crippen LogP contribution < -0.4 is 20.0 Å². The van der Waals surface area contributed by atoms with Crippen LogP contribution in [0.25, 0.3) is 0 Å². The number of aromatic nitrogens is 2. The van der Waals surface area contributed by atoms with Crippen LogP contribution >= 0.6 is 0 Å². The molecule has 4 saturated heterocycles. The minimum atomic E-state index is 0.129. The number of nitrogens with one attached hydrogen (secondary N) is 1. The summed E-state index contributed by atoms with van der Waals surface area (Å²) in [5, 5.41) is 5.35. The molecule has 4 aliphatic heterocycles. The highest BCUT2D eigenvalue weighted by Gasteiger charge is 2.44. The number of piperazine rings is 1. The molecule has 0 spiro atoms. The van der Waals surface area contributed by atoms with Crippen molar-refractivity contribution in [3.05, 3.63) is 66.5 Å². The zero-order valence-electron chi connectivity index (χ0n) is 23.4. The Morgan fingerprint density at radius 1 is 0.925 bits per heavy atom. The van der Waals surface area contributed by atoms with Gasteiger partial charge < -0.3 is 19.9 Å². The first-order valence-electron chi connectivity index (χ1n) is 14.6. The number of likely N-dealkylation sites (N-methyl/N-ethyl adjacent to an activating group) is 1. The smallest absolute Gasteiger partial charge is 0.158 e. The molecule has 9 nitrogen and oxygen atoms in total. The predicted molar refractivity (Wildman–Crippen MR) is 157 cm³/mol. The van der Waals surface area contributed by atoms with Gasteiger partial charge in [-0.15, -0.1) is 0 Å². The second-order valence-corrected chi connectivity index (χ2v) is 11.5. The van der Waals surface area contributed by atoms with Crippen molar-refractivity contribution in [2.75, 3.05) is 62.2 Å². The van der Waals surface area contributed by atoms with E-state index in [1.807, 2.05) is 17.2 Å². The summed E-state index contributed by atoms with van der Waals surface area (Å²) in [6.45, 7) is 5.32. The molecule has 7 rings (SSSR count). The van der Waals surface area contributed by atoms with Gasteiger partial charge in [0.25, 0.3) is 0 Å². The maximum Gasteiger partial charge on any atom is 0.158 e. The number of hydrogen-bond acceptors (Lipinski definition) is 9. The van der Waals surface area contributed by atoms with Crippen molar-refractivity contribution in [1.29, 1.82) is 0 Å². The average Bonchev–Trinajstić information content (AvgIpc) is 3.74. The van der Waals surface area contributed by atoms with Gasteiger partial charge >= 0.3 is 0 Å². The topological polar surface area (TPSA) is 69.2 Å². The van der Waals surface area contributed by atoms with Crippen molar-refractivity contribution in [2.45, 2.75) is 49.9 Å². The third kappa shape index (κ3) is 4.87. The van der Waals surface area contributed by atoms with Gasteiger partial charge in [0, 0.05) is 68.5 Å². The van der Waals surface area contributed by atoms with E-state index >= 15 is 0 Å². The van der Waals surface area contributed by atoms with Crippen molar-refractivity contribution in [3.63, 3.8) is 0 Å². The quantitative estimate of drug-likeness (QED) is 0.467. The molecule has 2 bridgehead atoms. The second kappa shape index (κ2) is 10.9. The summed E-state index contributed by atoms with van der Waals surface area (Å²) in [6.07, 6.45) is 6.30. The fourth-order valence-corrected chi connectivity index (χ4v) is 7.13. The number of likely N-dealkylation sites (tertiary alicyclic amines) is 2. The van der Waals surface area contributed by atoms with Crippen molar-refractivity contribution in [3.8, 4) is 5.75 Å². The fraction of sp³-hybridized carbons (Fsp3) is 0.484. The minimum absolute atomic E-state index is 0.129. The molecule has 0 aliphatic carbocycles. The van der Waals surface area contributed by atoms with E-state index < -0.39 is 0 Å². The summed E-state index contributed by atoms with van der Waals surface area (Å²) in [4.78, 5) is 22.8. The van der Waals surface area contributed by atoms with Crippen molar-refractivity contribution in [1.82, 2.24) is 19.8 Å². The van der Waals surface area contributed by atoms with Crippen LogP contribution in [-0.4, -0.2) is 84.8 Å². The highest BCUT2D eigenvalue weighted by Crippen LogP contribution is 2.38. The standard InChI is InChI=1S/C31H39N7O2/c1-35-19-26-16-25(35)20-37(26)23-10-13-36(14-11-23)24-8-9-27(29(17-24)39-2)34-30-18-31(33-21-32-30)38-28(12-15-40-38)22-6-4-3-5-7-22/h3-9,17-18,21,23,25-26,28H,10-16,19-20H2,1-2H3,(H,32,33,34)/t25-,26-,28?/m1/s1.